The lowest BCUT2D eigenvalue weighted by Gasteiger charge is -2.22. The van der Waals surface area contributed by atoms with E-state index in [-0.39, 0.29) is 6.04 Å². The molecular formula is C15H18NO2+. The van der Waals surface area contributed by atoms with Crippen molar-refractivity contribution in [3.63, 3.8) is 0 Å². The zero-order valence-electron chi connectivity index (χ0n) is 10.7. The van der Waals surface area contributed by atoms with Crippen LogP contribution in [0.25, 0.3) is 0 Å². The third-order valence-electron chi connectivity index (χ3n) is 2.90. The van der Waals surface area contributed by atoms with Crippen LogP contribution in [-0.4, -0.2) is 14.2 Å². The van der Waals surface area contributed by atoms with Crippen LogP contribution < -0.4 is 5.23 Å². The fourth-order valence-electron chi connectivity index (χ4n) is 2.07. The quantitative estimate of drug-likeness (QED) is 0.810. The van der Waals surface area contributed by atoms with E-state index in [0.29, 0.717) is 5.23 Å². The molecule has 2 rings (SSSR count). The van der Waals surface area contributed by atoms with Gasteiger partial charge in [0.25, 0.3) is 0 Å². The van der Waals surface area contributed by atoms with E-state index in [4.69, 9.17) is 9.68 Å². The molecule has 18 heavy (non-hydrogen) atoms. The van der Waals surface area contributed by atoms with Crippen molar-refractivity contribution in [2.75, 3.05) is 14.2 Å². The van der Waals surface area contributed by atoms with Crippen molar-refractivity contribution >= 4 is 0 Å². The number of hydroxylamine groups is 2. The van der Waals surface area contributed by atoms with Crippen LogP contribution in [0.3, 0.4) is 0 Å². The van der Waals surface area contributed by atoms with Crippen LogP contribution >= 0.6 is 0 Å². The molecule has 94 valence electrons. The molecule has 0 bridgehead atoms. The molecule has 0 aliphatic rings. The number of hydrogen-bond acceptors (Lipinski definition) is 2. The summed E-state index contributed by atoms with van der Waals surface area (Å²) in [5.74, 6) is 0. The predicted molar refractivity (Wildman–Crippen MR) is 69.7 cm³/mol. The molecule has 0 aromatic heterocycles. The Labute approximate surface area is 107 Å². The fraction of sp³-hybridized carbons (Fsp3) is 0.200. The Hall–Kier alpha value is -1.68. The molecule has 0 aliphatic heterocycles. The Balaban J connectivity index is 2.41. The number of hydrogen-bond donors (Lipinski definition) is 1. The average Bonchev–Trinajstić information content (AvgIpc) is 2.46. The zero-order valence-corrected chi connectivity index (χ0v) is 10.7. The van der Waals surface area contributed by atoms with Crippen LogP contribution in [0.15, 0.2) is 60.7 Å². The molecule has 1 N–H and O–H groups in total. The van der Waals surface area contributed by atoms with Crippen LogP contribution in [0.1, 0.15) is 17.2 Å². The first-order valence-corrected chi connectivity index (χ1v) is 5.91. The maximum Gasteiger partial charge on any atom is 0.201 e. The number of rotatable bonds is 5. The second-order valence-electron chi connectivity index (χ2n) is 3.98. The summed E-state index contributed by atoms with van der Waals surface area (Å²) in [5.41, 5.74) is 2.31. The molecule has 0 aliphatic carbocycles. The molecule has 0 spiro atoms. The van der Waals surface area contributed by atoms with Crippen LogP contribution in [0.5, 0.6) is 0 Å². The van der Waals surface area contributed by atoms with E-state index in [1.54, 1.807) is 14.2 Å². The monoisotopic (exact) mass is 244 g/mol. The summed E-state index contributed by atoms with van der Waals surface area (Å²) in [6.45, 7) is 0. The smallest absolute Gasteiger partial charge is 0.172 e. The summed E-state index contributed by atoms with van der Waals surface area (Å²) in [5, 5.41) is 0.604. The molecule has 3 heteroatoms. The van der Waals surface area contributed by atoms with Gasteiger partial charge in [-0.05, 0) is 5.23 Å². The molecule has 3 nitrogen and oxygen atoms in total. The van der Waals surface area contributed by atoms with Gasteiger partial charge >= 0.3 is 0 Å². The van der Waals surface area contributed by atoms with Gasteiger partial charge in [0.05, 0.1) is 14.2 Å². The highest BCUT2D eigenvalue weighted by Crippen LogP contribution is 2.18. The Morgan fingerprint density at radius 2 is 1.11 bits per heavy atom. The van der Waals surface area contributed by atoms with Crippen molar-refractivity contribution in [2.24, 2.45) is 0 Å². The zero-order chi connectivity index (χ0) is 12.8. The minimum atomic E-state index is 0.00222. The molecule has 2 aromatic rings. The van der Waals surface area contributed by atoms with Crippen molar-refractivity contribution < 1.29 is 14.9 Å². The van der Waals surface area contributed by atoms with E-state index in [2.05, 4.69) is 24.3 Å². The SMILES string of the molecule is CO[NH+](OC)C(c1ccccc1)c1ccccc1. The molecule has 0 heterocycles. The van der Waals surface area contributed by atoms with Crippen LogP contribution in [0, 0.1) is 0 Å². The summed E-state index contributed by atoms with van der Waals surface area (Å²) in [6, 6.07) is 20.4. The summed E-state index contributed by atoms with van der Waals surface area (Å²) in [6.07, 6.45) is 0. The van der Waals surface area contributed by atoms with Gasteiger partial charge in [0.15, 0.2) is 0 Å². The second kappa shape index (κ2) is 6.31. The summed E-state index contributed by atoms with van der Waals surface area (Å²) < 4.78 is 0. The van der Waals surface area contributed by atoms with E-state index in [9.17, 15) is 0 Å². The predicted octanol–water partition coefficient (Wildman–Crippen LogP) is 1.78. The fourth-order valence-corrected chi connectivity index (χ4v) is 2.07. The lowest BCUT2D eigenvalue weighted by atomic mass is 9.99. The van der Waals surface area contributed by atoms with Gasteiger partial charge in [-0.15, -0.1) is 0 Å². The lowest BCUT2D eigenvalue weighted by molar-refractivity contribution is -1.25. The topological polar surface area (TPSA) is 22.9 Å². The van der Waals surface area contributed by atoms with E-state index in [1.165, 1.54) is 0 Å². The third kappa shape index (κ3) is 2.76. The highest BCUT2D eigenvalue weighted by atomic mass is 16.9. The molecule has 0 saturated carbocycles. The molecule has 0 atom stereocenters. The van der Waals surface area contributed by atoms with Crippen molar-refractivity contribution in [1.29, 1.82) is 0 Å². The van der Waals surface area contributed by atoms with Crippen molar-refractivity contribution in [3.05, 3.63) is 71.8 Å². The number of quaternary nitrogens is 1. The summed E-state index contributed by atoms with van der Waals surface area (Å²) in [7, 11) is 3.27. The second-order valence-corrected chi connectivity index (χ2v) is 3.98. The molecular weight excluding hydrogens is 226 g/mol. The van der Waals surface area contributed by atoms with Crippen molar-refractivity contribution in [2.45, 2.75) is 6.04 Å². The average molecular weight is 244 g/mol. The Kier molecular flexibility index (Phi) is 4.47. The molecule has 0 saturated heterocycles. The molecule has 0 unspecified atom stereocenters. The first kappa shape index (κ1) is 12.8. The van der Waals surface area contributed by atoms with E-state index < -0.39 is 0 Å². The Morgan fingerprint density at radius 3 is 1.44 bits per heavy atom. The number of benzene rings is 2. The first-order chi connectivity index (χ1) is 8.86. The van der Waals surface area contributed by atoms with Gasteiger partial charge in [-0.2, -0.15) is 9.68 Å². The van der Waals surface area contributed by atoms with E-state index in [0.717, 1.165) is 11.1 Å². The third-order valence-corrected chi connectivity index (χ3v) is 2.90. The minimum absolute atomic E-state index is 0.00222. The minimum Gasteiger partial charge on any atom is -0.172 e. The van der Waals surface area contributed by atoms with Gasteiger partial charge in [-0.25, -0.2) is 0 Å². The van der Waals surface area contributed by atoms with Gasteiger partial charge in [0.2, 0.25) is 6.04 Å². The van der Waals surface area contributed by atoms with Crippen LogP contribution in [0.4, 0.5) is 0 Å². The van der Waals surface area contributed by atoms with E-state index in [1.807, 2.05) is 36.4 Å². The van der Waals surface area contributed by atoms with Crippen LogP contribution in [-0.2, 0) is 9.68 Å². The summed E-state index contributed by atoms with van der Waals surface area (Å²) in [4.78, 5) is 10.7. The van der Waals surface area contributed by atoms with Gasteiger partial charge in [-0.1, -0.05) is 60.7 Å². The highest BCUT2D eigenvalue weighted by Gasteiger charge is 2.27. The summed E-state index contributed by atoms with van der Waals surface area (Å²) >= 11 is 0. The van der Waals surface area contributed by atoms with Gasteiger partial charge in [0.1, 0.15) is 0 Å². The number of nitrogens with one attached hydrogen (secondary N) is 1. The van der Waals surface area contributed by atoms with Crippen molar-refractivity contribution in [1.82, 2.24) is 0 Å². The molecule has 2 aromatic carbocycles. The van der Waals surface area contributed by atoms with Crippen molar-refractivity contribution in [3.8, 4) is 0 Å². The van der Waals surface area contributed by atoms with Gasteiger partial charge in [0, 0.05) is 11.1 Å². The van der Waals surface area contributed by atoms with Crippen LogP contribution in [0.2, 0.25) is 0 Å². The highest BCUT2D eigenvalue weighted by molar-refractivity contribution is 5.29. The Bertz CT molecular complexity index is 415. The largest absolute Gasteiger partial charge is 0.201 e. The van der Waals surface area contributed by atoms with Gasteiger partial charge in [-0.3, -0.25) is 0 Å². The normalized spacial score (nSPS) is 11.1. The standard InChI is InChI=1S/C15H17NO2/c1-17-16(18-2)15(13-9-5-3-6-10-13)14-11-7-4-8-12-14/h3-12,15H,1-2H3/p+1. The van der Waals surface area contributed by atoms with E-state index >= 15 is 0 Å². The maximum absolute atomic E-state index is 5.36. The Morgan fingerprint density at radius 1 is 0.722 bits per heavy atom. The molecule has 0 amide bonds. The molecule has 0 fully saturated rings. The van der Waals surface area contributed by atoms with Gasteiger partial charge < -0.3 is 0 Å². The maximum atomic E-state index is 5.36. The molecule has 0 radical (unpaired) electrons. The lowest BCUT2D eigenvalue weighted by Crippen LogP contribution is -3.10. The first-order valence-electron chi connectivity index (χ1n) is 5.91.